The van der Waals surface area contributed by atoms with E-state index in [4.69, 9.17) is 18.0 Å². The summed E-state index contributed by atoms with van der Waals surface area (Å²) in [4.78, 5) is 0. The van der Waals surface area contributed by atoms with Gasteiger partial charge in [-0.15, -0.1) is 23.9 Å². The Balaban J connectivity index is 3.02. The largest absolute Gasteiger partial charge is 0.127 e. The third-order valence-corrected chi connectivity index (χ3v) is 1.77. The van der Waals surface area contributed by atoms with Gasteiger partial charge in [-0.2, -0.15) is 0 Å². The molecule has 0 fully saturated rings. The Morgan fingerprint density at radius 1 is 1.00 bits per heavy atom. The van der Waals surface area contributed by atoms with E-state index in [1.54, 1.807) is 0 Å². The average Bonchev–Trinajstić information content (AvgIpc) is 2.10. The van der Waals surface area contributed by atoms with Crippen molar-refractivity contribution in [2.75, 3.05) is 5.88 Å². The van der Waals surface area contributed by atoms with E-state index in [0.29, 0.717) is 6.42 Å². The fourth-order valence-electron chi connectivity index (χ4n) is 0.863. The Hall–Kier alpha value is -0.590. The van der Waals surface area contributed by atoms with E-state index in [1.807, 2.05) is 0 Å². The maximum absolute atomic E-state index is 5.53. The van der Waals surface area contributed by atoms with Crippen molar-refractivity contribution in [3.8, 4) is 24.2 Å². The van der Waals surface area contributed by atoms with Gasteiger partial charge in [0.05, 0.1) is 6.42 Å². The summed E-state index contributed by atoms with van der Waals surface area (Å²) in [5.41, 5.74) is 0. The molecule has 0 spiro atoms. The zero-order valence-electron chi connectivity index (χ0n) is 7.41. The summed E-state index contributed by atoms with van der Waals surface area (Å²) in [5, 5.41) is 0. The minimum absolute atomic E-state index is 0.585. The molecule has 66 valence electrons. The van der Waals surface area contributed by atoms with Crippen molar-refractivity contribution < 1.29 is 0 Å². The minimum Gasteiger partial charge on any atom is -0.127 e. The molecule has 0 rings (SSSR count). The third-order valence-electron chi connectivity index (χ3n) is 1.50. The number of unbranched alkanes of at least 4 members (excludes halogenated alkanes) is 4. The molecule has 0 aliphatic heterocycles. The molecular weight excluding hydrogens is 168 g/mol. The van der Waals surface area contributed by atoms with Gasteiger partial charge < -0.3 is 0 Å². The number of halogens is 1. The van der Waals surface area contributed by atoms with Crippen molar-refractivity contribution in [1.82, 2.24) is 0 Å². The highest BCUT2D eigenvalue weighted by Gasteiger charge is 1.86. The van der Waals surface area contributed by atoms with Gasteiger partial charge in [0.1, 0.15) is 0 Å². The second-order valence-electron chi connectivity index (χ2n) is 2.59. The topological polar surface area (TPSA) is 0 Å². The van der Waals surface area contributed by atoms with E-state index in [0.717, 1.165) is 18.7 Å². The molecule has 0 saturated heterocycles. The first-order chi connectivity index (χ1) is 5.91. The van der Waals surface area contributed by atoms with Crippen molar-refractivity contribution in [1.29, 1.82) is 0 Å². The minimum atomic E-state index is 0.585. The summed E-state index contributed by atoms with van der Waals surface area (Å²) in [7, 11) is 0. The Labute approximate surface area is 80.7 Å². The van der Waals surface area contributed by atoms with Crippen molar-refractivity contribution in [2.45, 2.75) is 38.5 Å². The molecule has 0 unspecified atom stereocenters. The molecule has 0 bridgehead atoms. The number of terminal acetylenes is 1. The molecule has 12 heavy (non-hydrogen) atoms. The predicted octanol–water partition coefficient (Wildman–Crippen LogP) is 3.20. The van der Waals surface area contributed by atoms with Crippen LogP contribution in [-0.2, 0) is 0 Å². The summed E-state index contributed by atoms with van der Waals surface area (Å²) in [6.45, 7) is 0. The van der Waals surface area contributed by atoms with Gasteiger partial charge in [0.25, 0.3) is 0 Å². The summed E-state index contributed by atoms with van der Waals surface area (Å²) < 4.78 is 0. The molecule has 0 aromatic carbocycles. The molecule has 0 aromatic heterocycles. The van der Waals surface area contributed by atoms with Gasteiger partial charge in [-0.05, 0) is 12.8 Å². The molecule has 0 atom stereocenters. The van der Waals surface area contributed by atoms with Crippen molar-refractivity contribution in [2.24, 2.45) is 0 Å². The Morgan fingerprint density at radius 3 is 2.42 bits per heavy atom. The van der Waals surface area contributed by atoms with Crippen LogP contribution in [0.2, 0.25) is 0 Å². The first kappa shape index (κ1) is 11.4. The van der Waals surface area contributed by atoms with Crippen molar-refractivity contribution in [3.05, 3.63) is 0 Å². The zero-order chi connectivity index (χ0) is 9.07. The van der Waals surface area contributed by atoms with Crippen LogP contribution in [0.25, 0.3) is 0 Å². The zero-order valence-corrected chi connectivity index (χ0v) is 8.16. The summed E-state index contributed by atoms with van der Waals surface area (Å²) >= 11 is 5.53. The van der Waals surface area contributed by atoms with Crippen LogP contribution in [0.1, 0.15) is 38.5 Å². The number of hydrogen-bond acceptors (Lipinski definition) is 0. The lowest BCUT2D eigenvalue weighted by atomic mass is 10.1. The normalized spacial score (nSPS) is 8.33. The predicted molar refractivity (Wildman–Crippen MR) is 55.0 cm³/mol. The van der Waals surface area contributed by atoms with E-state index in [2.05, 4.69) is 17.8 Å². The monoisotopic (exact) mass is 182 g/mol. The maximum atomic E-state index is 5.53. The van der Waals surface area contributed by atoms with E-state index in [9.17, 15) is 0 Å². The van der Waals surface area contributed by atoms with Crippen LogP contribution in [0, 0.1) is 24.2 Å². The first-order valence-electron chi connectivity index (χ1n) is 4.37. The van der Waals surface area contributed by atoms with Crippen LogP contribution in [0.4, 0.5) is 0 Å². The quantitative estimate of drug-likeness (QED) is 0.348. The smallest absolute Gasteiger partial charge is 0.0700 e. The summed E-state index contributed by atoms with van der Waals surface area (Å²) in [6.07, 6.45) is 11.4. The number of hydrogen-bond donors (Lipinski definition) is 0. The Bertz CT molecular complexity index is 177. The van der Waals surface area contributed by atoms with Gasteiger partial charge in [-0.3, -0.25) is 0 Å². The maximum Gasteiger partial charge on any atom is 0.0700 e. The molecule has 0 nitrogen and oxygen atoms in total. The van der Waals surface area contributed by atoms with Crippen LogP contribution in [0.5, 0.6) is 0 Å². The van der Waals surface area contributed by atoms with Crippen molar-refractivity contribution >= 4 is 11.6 Å². The van der Waals surface area contributed by atoms with E-state index < -0.39 is 0 Å². The summed E-state index contributed by atoms with van der Waals surface area (Å²) in [5.74, 6) is 9.22. The molecular formula is C11H15Cl. The van der Waals surface area contributed by atoms with Crippen LogP contribution >= 0.6 is 11.6 Å². The van der Waals surface area contributed by atoms with Gasteiger partial charge in [-0.1, -0.05) is 24.7 Å². The van der Waals surface area contributed by atoms with Crippen LogP contribution in [0.3, 0.4) is 0 Å². The SMILES string of the molecule is C#CCC#CCCCCCCCl. The molecule has 0 aliphatic carbocycles. The third kappa shape index (κ3) is 9.41. The molecule has 1 heteroatoms. The second kappa shape index (κ2) is 10.4. The highest BCUT2D eigenvalue weighted by Crippen LogP contribution is 2.02. The molecule has 0 saturated carbocycles. The molecule has 0 radical (unpaired) electrons. The standard InChI is InChI=1S/C11H15Cl/c1-2-3-4-5-6-7-8-9-10-11-12/h1H,3,6-11H2. The highest BCUT2D eigenvalue weighted by molar-refractivity contribution is 6.17. The van der Waals surface area contributed by atoms with Crippen LogP contribution in [0.15, 0.2) is 0 Å². The second-order valence-corrected chi connectivity index (χ2v) is 2.97. The highest BCUT2D eigenvalue weighted by atomic mass is 35.5. The Kier molecular flexibility index (Phi) is 9.90. The van der Waals surface area contributed by atoms with Gasteiger partial charge in [0.15, 0.2) is 0 Å². The number of rotatable bonds is 5. The van der Waals surface area contributed by atoms with Gasteiger partial charge >= 0.3 is 0 Å². The van der Waals surface area contributed by atoms with E-state index >= 15 is 0 Å². The first-order valence-corrected chi connectivity index (χ1v) is 4.90. The van der Waals surface area contributed by atoms with Crippen LogP contribution < -0.4 is 0 Å². The fraction of sp³-hybridized carbons (Fsp3) is 0.636. The lowest BCUT2D eigenvalue weighted by Crippen LogP contribution is -1.78. The van der Waals surface area contributed by atoms with Gasteiger partial charge in [0.2, 0.25) is 0 Å². The van der Waals surface area contributed by atoms with E-state index in [-0.39, 0.29) is 0 Å². The molecule has 0 N–H and O–H groups in total. The Morgan fingerprint density at radius 2 is 1.75 bits per heavy atom. The van der Waals surface area contributed by atoms with Gasteiger partial charge in [0, 0.05) is 12.3 Å². The molecule has 0 heterocycles. The number of alkyl halides is 1. The average molecular weight is 183 g/mol. The lowest BCUT2D eigenvalue weighted by Gasteiger charge is -1.93. The fourth-order valence-corrected chi connectivity index (χ4v) is 1.05. The summed E-state index contributed by atoms with van der Waals surface area (Å²) in [6, 6.07) is 0. The van der Waals surface area contributed by atoms with Crippen molar-refractivity contribution in [3.63, 3.8) is 0 Å². The van der Waals surface area contributed by atoms with Crippen LogP contribution in [-0.4, -0.2) is 5.88 Å². The molecule has 0 aromatic rings. The molecule has 0 aliphatic rings. The van der Waals surface area contributed by atoms with Gasteiger partial charge in [-0.25, -0.2) is 0 Å². The van der Waals surface area contributed by atoms with E-state index in [1.165, 1.54) is 19.3 Å². The molecule has 0 amide bonds. The lowest BCUT2D eigenvalue weighted by molar-refractivity contribution is 0.682.